The van der Waals surface area contributed by atoms with Crippen LogP contribution in [-0.2, 0) is 20.7 Å². The molecule has 1 heterocycles. The normalized spacial score (nSPS) is 12.7. The van der Waals surface area contributed by atoms with Crippen molar-refractivity contribution in [2.45, 2.75) is 38.8 Å². The molecule has 130 valence electrons. The Balaban J connectivity index is 2.22. The second-order valence-corrected chi connectivity index (χ2v) is 6.51. The number of esters is 1. The summed E-state index contributed by atoms with van der Waals surface area (Å²) in [5, 5.41) is 3.39. The predicted octanol–water partition coefficient (Wildman–Crippen LogP) is 2.36. The van der Waals surface area contributed by atoms with Crippen molar-refractivity contribution in [2.75, 3.05) is 12.8 Å². The predicted molar refractivity (Wildman–Crippen MR) is 91.6 cm³/mol. The second kappa shape index (κ2) is 6.82. The lowest BCUT2D eigenvalue weighted by atomic mass is 10.0. The van der Waals surface area contributed by atoms with Crippen molar-refractivity contribution in [1.29, 1.82) is 0 Å². The molecule has 7 heteroatoms. The van der Waals surface area contributed by atoms with Crippen molar-refractivity contribution < 1.29 is 19.1 Å². The molecule has 4 N–H and O–H groups in total. The molecule has 0 spiro atoms. The van der Waals surface area contributed by atoms with Gasteiger partial charge in [0.15, 0.2) is 0 Å². The average molecular weight is 333 g/mol. The van der Waals surface area contributed by atoms with Crippen LogP contribution < -0.4 is 11.1 Å². The number of hydrogen-bond acceptors (Lipinski definition) is 5. The van der Waals surface area contributed by atoms with Gasteiger partial charge in [0.25, 0.3) is 0 Å². The molecular formula is C17H23N3O4. The van der Waals surface area contributed by atoms with Gasteiger partial charge in [-0.05, 0) is 38.5 Å². The van der Waals surface area contributed by atoms with Gasteiger partial charge in [-0.1, -0.05) is 6.07 Å². The molecule has 0 bridgehead atoms. The van der Waals surface area contributed by atoms with E-state index in [1.807, 2.05) is 12.1 Å². The van der Waals surface area contributed by atoms with Crippen molar-refractivity contribution in [3.05, 3.63) is 30.0 Å². The molecule has 0 fully saturated rings. The molecule has 0 aliphatic heterocycles. The zero-order valence-corrected chi connectivity index (χ0v) is 14.3. The molecule has 2 rings (SSSR count). The van der Waals surface area contributed by atoms with Gasteiger partial charge < -0.3 is 25.5 Å². The Hall–Kier alpha value is -2.70. The average Bonchev–Trinajstić information content (AvgIpc) is 2.88. The van der Waals surface area contributed by atoms with Gasteiger partial charge >= 0.3 is 12.1 Å². The lowest BCUT2D eigenvalue weighted by Gasteiger charge is -2.22. The van der Waals surface area contributed by atoms with E-state index in [0.717, 1.165) is 16.5 Å². The van der Waals surface area contributed by atoms with E-state index in [-0.39, 0.29) is 6.42 Å². The number of nitrogen functional groups attached to an aromatic ring is 1. The quantitative estimate of drug-likeness (QED) is 0.588. The van der Waals surface area contributed by atoms with Crippen molar-refractivity contribution in [3.63, 3.8) is 0 Å². The first kappa shape index (κ1) is 17.7. The Labute approximate surface area is 140 Å². The van der Waals surface area contributed by atoms with E-state index in [1.54, 1.807) is 33.0 Å². The fraction of sp³-hybridized carbons (Fsp3) is 0.412. The molecule has 7 nitrogen and oxygen atoms in total. The molecule has 1 aromatic carbocycles. The number of carbonyl (C=O) groups excluding carboxylic acids is 2. The van der Waals surface area contributed by atoms with Gasteiger partial charge in [-0.25, -0.2) is 9.59 Å². The summed E-state index contributed by atoms with van der Waals surface area (Å²) in [7, 11) is 1.27. The summed E-state index contributed by atoms with van der Waals surface area (Å²) in [5.41, 5.74) is 7.65. The smallest absolute Gasteiger partial charge is 0.408 e. The van der Waals surface area contributed by atoms with Gasteiger partial charge in [-0.2, -0.15) is 0 Å². The van der Waals surface area contributed by atoms with Gasteiger partial charge in [0.2, 0.25) is 0 Å². The van der Waals surface area contributed by atoms with E-state index in [9.17, 15) is 9.59 Å². The number of nitrogens with one attached hydrogen (secondary N) is 2. The molecule has 1 atom stereocenters. The fourth-order valence-electron chi connectivity index (χ4n) is 2.45. The van der Waals surface area contributed by atoms with E-state index in [1.165, 1.54) is 7.11 Å². The summed E-state index contributed by atoms with van der Waals surface area (Å²) >= 11 is 0. The Morgan fingerprint density at radius 2 is 2.04 bits per heavy atom. The summed E-state index contributed by atoms with van der Waals surface area (Å²) in [6.07, 6.45) is 1.33. The number of ether oxygens (including phenoxy) is 2. The maximum Gasteiger partial charge on any atom is 0.408 e. The maximum atomic E-state index is 12.0. The van der Waals surface area contributed by atoms with Gasteiger partial charge in [-0.3, -0.25) is 0 Å². The molecule has 0 aliphatic rings. The number of fused-ring (bicyclic) bond motifs is 1. The van der Waals surface area contributed by atoms with Crippen LogP contribution in [0.15, 0.2) is 24.4 Å². The summed E-state index contributed by atoms with van der Waals surface area (Å²) in [6, 6.07) is 4.65. The van der Waals surface area contributed by atoms with Crippen molar-refractivity contribution in [3.8, 4) is 0 Å². The van der Waals surface area contributed by atoms with Crippen LogP contribution in [0.2, 0.25) is 0 Å². The maximum absolute atomic E-state index is 12.0. The number of hydrogen-bond donors (Lipinski definition) is 3. The lowest BCUT2D eigenvalue weighted by molar-refractivity contribution is -0.143. The fourth-order valence-corrected chi connectivity index (χ4v) is 2.45. The highest BCUT2D eigenvalue weighted by Gasteiger charge is 2.26. The van der Waals surface area contributed by atoms with Crippen LogP contribution in [0.4, 0.5) is 10.5 Å². The number of alkyl carbamates (subject to hydrolysis) is 1. The van der Waals surface area contributed by atoms with Crippen LogP contribution in [0.25, 0.3) is 10.9 Å². The largest absolute Gasteiger partial charge is 0.467 e. The van der Waals surface area contributed by atoms with Crippen molar-refractivity contribution >= 4 is 28.7 Å². The summed E-state index contributed by atoms with van der Waals surface area (Å²) in [6.45, 7) is 5.25. The Morgan fingerprint density at radius 3 is 2.67 bits per heavy atom. The van der Waals surface area contributed by atoms with Crippen LogP contribution in [-0.4, -0.2) is 35.8 Å². The van der Waals surface area contributed by atoms with Crippen LogP contribution in [0.1, 0.15) is 26.3 Å². The van der Waals surface area contributed by atoms with Crippen LogP contribution in [0.3, 0.4) is 0 Å². The van der Waals surface area contributed by atoms with E-state index in [0.29, 0.717) is 5.69 Å². The standard InChI is InChI=1S/C17H23N3O4/c1-17(2,3)24-16(22)20-13(15(21)23-4)8-10-9-19-12-7-5-6-11(18)14(10)12/h5-7,9,13,19H,8,18H2,1-4H3,(H,20,22)/t13-/m0/s1. The van der Waals surface area contributed by atoms with Gasteiger partial charge in [0.1, 0.15) is 11.6 Å². The number of aromatic amines is 1. The molecule has 0 unspecified atom stereocenters. The van der Waals surface area contributed by atoms with Gasteiger partial charge in [0, 0.05) is 29.2 Å². The summed E-state index contributed by atoms with van der Waals surface area (Å²) in [4.78, 5) is 27.1. The number of rotatable bonds is 4. The second-order valence-electron chi connectivity index (χ2n) is 6.51. The molecule has 0 saturated heterocycles. The number of nitrogens with two attached hydrogens (primary N) is 1. The number of methoxy groups -OCH3 is 1. The third-order valence-electron chi connectivity index (χ3n) is 3.42. The van der Waals surface area contributed by atoms with E-state index < -0.39 is 23.7 Å². The van der Waals surface area contributed by atoms with E-state index >= 15 is 0 Å². The first-order chi connectivity index (χ1) is 11.2. The van der Waals surface area contributed by atoms with Gasteiger partial charge in [0.05, 0.1) is 7.11 Å². The molecule has 0 aliphatic carbocycles. The Morgan fingerprint density at radius 1 is 1.33 bits per heavy atom. The van der Waals surface area contributed by atoms with Crippen LogP contribution in [0.5, 0.6) is 0 Å². The molecule has 24 heavy (non-hydrogen) atoms. The van der Waals surface area contributed by atoms with E-state index in [2.05, 4.69) is 10.3 Å². The minimum absolute atomic E-state index is 0.236. The van der Waals surface area contributed by atoms with Crippen LogP contribution in [0, 0.1) is 0 Å². The monoisotopic (exact) mass is 333 g/mol. The number of amides is 1. The number of aromatic nitrogens is 1. The van der Waals surface area contributed by atoms with E-state index in [4.69, 9.17) is 15.2 Å². The van der Waals surface area contributed by atoms with Crippen molar-refractivity contribution in [1.82, 2.24) is 10.3 Å². The highest BCUT2D eigenvalue weighted by atomic mass is 16.6. The molecular weight excluding hydrogens is 310 g/mol. The SMILES string of the molecule is COC(=O)[C@H](Cc1c[nH]c2cccc(N)c12)NC(=O)OC(C)(C)C. The topological polar surface area (TPSA) is 106 Å². The summed E-state index contributed by atoms with van der Waals surface area (Å²) < 4.78 is 9.99. The molecule has 0 radical (unpaired) electrons. The minimum atomic E-state index is -0.872. The first-order valence-electron chi connectivity index (χ1n) is 7.63. The number of carbonyl (C=O) groups is 2. The molecule has 2 aromatic rings. The van der Waals surface area contributed by atoms with Gasteiger partial charge in [-0.15, -0.1) is 0 Å². The molecule has 0 saturated carbocycles. The highest BCUT2D eigenvalue weighted by Crippen LogP contribution is 2.25. The van der Waals surface area contributed by atoms with Crippen LogP contribution >= 0.6 is 0 Å². The Kier molecular flexibility index (Phi) is 5.02. The zero-order chi connectivity index (χ0) is 17.9. The van der Waals surface area contributed by atoms with Crippen molar-refractivity contribution in [2.24, 2.45) is 0 Å². The highest BCUT2D eigenvalue weighted by molar-refractivity contribution is 5.94. The third kappa shape index (κ3) is 4.18. The molecule has 1 amide bonds. The first-order valence-corrected chi connectivity index (χ1v) is 7.63. The Bertz CT molecular complexity index is 746. The number of anilines is 1. The minimum Gasteiger partial charge on any atom is -0.467 e. The molecule has 1 aromatic heterocycles. The third-order valence-corrected chi connectivity index (χ3v) is 3.42. The number of benzene rings is 1. The summed E-state index contributed by atoms with van der Waals surface area (Å²) in [5.74, 6) is -0.551. The number of H-pyrrole nitrogens is 1. The lowest BCUT2D eigenvalue weighted by Crippen LogP contribution is -2.45. The zero-order valence-electron chi connectivity index (χ0n) is 14.3.